The predicted molar refractivity (Wildman–Crippen MR) is 65.0 cm³/mol. The van der Waals surface area contributed by atoms with E-state index in [-0.39, 0.29) is 0 Å². The quantitative estimate of drug-likeness (QED) is 0.579. The first-order valence-corrected chi connectivity index (χ1v) is 5.34. The van der Waals surface area contributed by atoms with Gasteiger partial charge >= 0.3 is 8.05 Å². The van der Waals surface area contributed by atoms with Gasteiger partial charge in [-0.25, -0.2) is 9.98 Å². The largest absolute Gasteiger partial charge is 0.567 e. The van der Waals surface area contributed by atoms with Gasteiger partial charge in [0.25, 0.3) is 0 Å². The highest BCUT2D eigenvalue weighted by Crippen LogP contribution is 2.18. The highest BCUT2D eigenvalue weighted by molar-refractivity contribution is 7.13. The molecule has 74 valence electrons. The summed E-state index contributed by atoms with van der Waals surface area (Å²) in [6, 6.07) is 7.74. The van der Waals surface area contributed by atoms with Crippen molar-refractivity contribution in [1.29, 1.82) is 0 Å². The summed E-state index contributed by atoms with van der Waals surface area (Å²) >= 11 is 1.51. The summed E-state index contributed by atoms with van der Waals surface area (Å²) in [5.41, 5.74) is 0.954. The normalized spacial score (nSPS) is 10.7. The molecule has 0 atom stereocenters. The van der Waals surface area contributed by atoms with Crippen molar-refractivity contribution in [3.8, 4) is 5.75 Å². The second kappa shape index (κ2) is 4.75. The summed E-state index contributed by atoms with van der Waals surface area (Å²) in [4.78, 5) is 8.31. The maximum atomic E-state index is 5.21. The van der Waals surface area contributed by atoms with E-state index in [0.29, 0.717) is 0 Å². The maximum Gasteiger partial charge on any atom is 0.322 e. The summed E-state index contributed by atoms with van der Waals surface area (Å²) < 4.78 is 5.21. The van der Waals surface area contributed by atoms with Crippen LogP contribution in [-0.4, -0.2) is 19.2 Å². The first kappa shape index (κ1) is 9.92. The standard InChI is InChI=1S/C10H9BN2OS/c11-14-9-4-2-1-3-8(9)7-13-10-12-5-6-15-10/h1-7H,11H2/b13-7+. The number of para-hydroxylation sites is 1. The van der Waals surface area contributed by atoms with E-state index < -0.39 is 0 Å². The molecule has 1 aromatic heterocycles. The predicted octanol–water partition coefficient (Wildman–Crippen LogP) is 1.82. The number of hydrogen-bond acceptors (Lipinski definition) is 4. The minimum Gasteiger partial charge on any atom is -0.567 e. The van der Waals surface area contributed by atoms with Crippen LogP contribution < -0.4 is 4.65 Å². The summed E-state index contributed by atoms with van der Waals surface area (Å²) in [6.45, 7) is 0. The van der Waals surface area contributed by atoms with Gasteiger partial charge in [-0.3, -0.25) is 0 Å². The van der Waals surface area contributed by atoms with E-state index in [4.69, 9.17) is 4.65 Å². The fraction of sp³-hybridized carbons (Fsp3) is 0. The number of aromatic nitrogens is 1. The molecule has 3 nitrogen and oxygen atoms in total. The number of benzene rings is 1. The molecule has 0 N–H and O–H groups in total. The lowest BCUT2D eigenvalue weighted by Gasteiger charge is -2.02. The van der Waals surface area contributed by atoms with Crippen LogP contribution in [0.3, 0.4) is 0 Å². The Balaban J connectivity index is 2.24. The van der Waals surface area contributed by atoms with Crippen molar-refractivity contribution < 1.29 is 4.65 Å². The van der Waals surface area contributed by atoms with Gasteiger partial charge in [-0.1, -0.05) is 12.1 Å². The van der Waals surface area contributed by atoms with Crippen molar-refractivity contribution in [3.05, 3.63) is 41.4 Å². The van der Waals surface area contributed by atoms with Crippen LogP contribution in [0.25, 0.3) is 0 Å². The van der Waals surface area contributed by atoms with Crippen molar-refractivity contribution >= 4 is 30.7 Å². The first-order chi connectivity index (χ1) is 7.40. The van der Waals surface area contributed by atoms with Gasteiger partial charge in [0.2, 0.25) is 5.13 Å². The fourth-order valence-electron chi connectivity index (χ4n) is 1.18. The van der Waals surface area contributed by atoms with Crippen molar-refractivity contribution in [1.82, 2.24) is 4.98 Å². The van der Waals surface area contributed by atoms with Gasteiger partial charge in [-0.2, -0.15) is 0 Å². The van der Waals surface area contributed by atoms with Gasteiger partial charge in [0.1, 0.15) is 5.75 Å². The molecular weight excluding hydrogens is 207 g/mol. The van der Waals surface area contributed by atoms with Gasteiger partial charge in [0.05, 0.1) is 0 Å². The molecule has 5 heteroatoms. The second-order valence-electron chi connectivity index (χ2n) is 2.81. The molecule has 0 aliphatic heterocycles. The smallest absolute Gasteiger partial charge is 0.322 e. The summed E-state index contributed by atoms with van der Waals surface area (Å²) in [6.07, 6.45) is 3.50. The second-order valence-corrected chi connectivity index (χ2v) is 3.69. The molecule has 0 amide bonds. The fourth-order valence-corrected chi connectivity index (χ4v) is 1.66. The first-order valence-electron chi connectivity index (χ1n) is 4.47. The van der Waals surface area contributed by atoms with Crippen molar-refractivity contribution in [2.24, 2.45) is 4.99 Å². The molecule has 0 bridgehead atoms. The van der Waals surface area contributed by atoms with E-state index in [1.54, 1.807) is 20.5 Å². The monoisotopic (exact) mass is 216 g/mol. The average molecular weight is 216 g/mol. The van der Waals surface area contributed by atoms with Crippen LogP contribution in [0.15, 0.2) is 40.8 Å². The molecule has 1 aromatic carbocycles. The number of rotatable bonds is 3. The van der Waals surface area contributed by atoms with E-state index in [1.807, 2.05) is 29.6 Å². The number of aliphatic imine (C=N–C) groups is 1. The zero-order valence-electron chi connectivity index (χ0n) is 8.25. The summed E-state index contributed by atoms with van der Waals surface area (Å²) in [7, 11) is 1.65. The maximum absolute atomic E-state index is 5.21. The van der Waals surface area contributed by atoms with Crippen molar-refractivity contribution in [2.75, 3.05) is 0 Å². The van der Waals surface area contributed by atoms with Crippen LogP contribution >= 0.6 is 11.3 Å². The third kappa shape index (κ3) is 2.44. The Hall–Kier alpha value is -1.62. The zero-order valence-corrected chi connectivity index (χ0v) is 9.07. The van der Waals surface area contributed by atoms with E-state index in [2.05, 4.69) is 9.98 Å². The Kier molecular flexibility index (Phi) is 3.14. The Bertz CT molecular complexity index is 456. The van der Waals surface area contributed by atoms with E-state index in [9.17, 15) is 0 Å². The third-order valence-electron chi connectivity index (χ3n) is 1.87. The van der Waals surface area contributed by atoms with Gasteiger partial charge in [-0.15, -0.1) is 11.3 Å². The summed E-state index contributed by atoms with van der Waals surface area (Å²) in [5.74, 6) is 0.817. The van der Waals surface area contributed by atoms with E-state index in [0.717, 1.165) is 16.4 Å². The highest BCUT2D eigenvalue weighted by Gasteiger charge is 1.97. The lowest BCUT2D eigenvalue weighted by atomic mass is 10.2. The van der Waals surface area contributed by atoms with E-state index in [1.165, 1.54) is 11.3 Å². The zero-order chi connectivity index (χ0) is 10.5. The molecular formula is C10H9BN2OS. The van der Waals surface area contributed by atoms with E-state index >= 15 is 0 Å². The minimum atomic E-state index is 0.751. The Labute approximate surface area is 92.9 Å². The molecule has 1 heterocycles. The lowest BCUT2D eigenvalue weighted by Crippen LogP contribution is -1.90. The van der Waals surface area contributed by atoms with Crippen molar-refractivity contribution in [2.45, 2.75) is 0 Å². The number of nitrogens with zero attached hydrogens (tertiary/aromatic N) is 2. The minimum absolute atomic E-state index is 0.751. The molecule has 0 aliphatic carbocycles. The number of hydrogen-bond donors (Lipinski definition) is 0. The molecule has 0 fully saturated rings. The molecule has 15 heavy (non-hydrogen) atoms. The van der Waals surface area contributed by atoms with Gasteiger partial charge < -0.3 is 4.65 Å². The topological polar surface area (TPSA) is 34.5 Å². The van der Waals surface area contributed by atoms with Crippen LogP contribution in [-0.2, 0) is 0 Å². The van der Waals surface area contributed by atoms with Crippen LogP contribution in [0.5, 0.6) is 5.75 Å². The van der Waals surface area contributed by atoms with Crippen LogP contribution in [0.1, 0.15) is 5.56 Å². The van der Waals surface area contributed by atoms with Gasteiger partial charge in [0, 0.05) is 23.4 Å². The van der Waals surface area contributed by atoms with Crippen LogP contribution in [0, 0.1) is 0 Å². The Morgan fingerprint density at radius 1 is 1.40 bits per heavy atom. The molecule has 2 rings (SSSR count). The molecule has 0 radical (unpaired) electrons. The molecule has 0 saturated heterocycles. The highest BCUT2D eigenvalue weighted by atomic mass is 32.1. The van der Waals surface area contributed by atoms with Crippen molar-refractivity contribution in [3.63, 3.8) is 0 Å². The average Bonchev–Trinajstić information content (AvgIpc) is 2.79. The SMILES string of the molecule is BOc1ccccc1/C=N/c1nccs1. The molecule has 0 saturated carbocycles. The van der Waals surface area contributed by atoms with Crippen LogP contribution in [0.4, 0.5) is 5.13 Å². The van der Waals surface area contributed by atoms with Gasteiger partial charge in [0.15, 0.2) is 0 Å². The van der Waals surface area contributed by atoms with Crippen LogP contribution in [0.2, 0.25) is 0 Å². The molecule has 0 aliphatic rings. The Morgan fingerprint density at radius 3 is 3.00 bits per heavy atom. The lowest BCUT2D eigenvalue weighted by molar-refractivity contribution is 0.615. The number of thiazole rings is 1. The molecule has 0 spiro atoms. The third-order valence-corrected chi connectivity index (χ3v) is 2.55. The molecule has 2 aromatic rings. The van der Waals surface area contributed by atoms with Gasteiger partial charge in [-0.05, 0) is 12.1 Å². The summed E-state index contributed by atoms with van der Waals surface area (Å²) in [5, 5.41) is 2.65. The Morgan fingerprint density at radius 2 is 2.27 bits per heavy atom. The molecule has 0 unspecified atom stereocenters.